The van der Waals surface area contributed by atoms with E-state index < -0.39 is 17.9 Å². The third kappa shape index (κ3) is 2.43. The molecule has 0 aliphatic carbocycles. The first-order chi connectivity index (χ1) is 8.43. The molecule has 18 heavy (non-hydrogen) atoms. The molecule has 1 heterocycles. The van der Waals surface area contributed by atoms with E-state index >= 15 is 0 Å². The highest BCUT2D eigenvalue weighted by molar-refractivity contribution is 5.55. The number of benzene rings is 1. The van der Waals surface area contributed by atoms with Crippen molar-refractivity contribution in [2.45, 2.75) is 19.2 Å². The van der Waals surface area contributed by atoms with Gasteiger partial charge in [-0.1, -0.05) is 12.1 Å². The molecule has 1 aliphatic rings. The number of halogens is 4. The van der Waals surface area contributed by atoms with Crippen LogP contribution in [0, 0.1) is 11.7 Å². The summed E-state index contributed by atoms with van der Waals surface area (Å²) in [6, 6.07) is 4.14. The molecule has 1 aliphatic heterocycles. The van der Waals surface area contributed by atoms with E-state index in [1.807, 2.05) is 0 Å². The molecular formula is C12H13F4NO. The maximum absolute atomic E-state index is 13.7. The fourth-order valence-corrected chi connectivity index (χ4v) is 2.27. The average molecular weight is 263 g/mol. The molecule has 1 aromatic rings. The van der Waals surface area contributed by atoms with Crippen LogP contribution >= 0.6 is 0 Å². The average Bonchev–Trinajstić information content (AvgIpc) is 2.77. The standard InChI is InChI=1S/C12H13F4NO/c13-10-3-1-2-8(7-18)11(10)17-5-4-9(6-17)12(14,15)16/h1-3,9,18H,4-7H2. The minimum Gasteiger partial charge on any atom is -0.392 e. The summed E-state index contributed by atoms with van der Waals surface area (Å²) in [5, 5.41) is 9.11. The Hall–Kier alpha value is -1.30. The third-order valence-electron chi connectivity index (χ3n) is 3.21. The van der Waals surface area contributed by atoms with Crippen LogP contribution in [0.4, 0.5) is 23.2 Å². The van der Waals surface area contributed by atoms with Crippen molar-refractivity contribution in [2.75, 3.05) is 18.0 Å². The Morgan fingerprint density at radius 1 is 1.33 bits per heavy atom. The molecule has 1 fully saturated rings. The van der Waals surface area contributed by atoms with Gasteiger partial charge in [0.25, 0.3) is 0 Å². The van der Waals surface area contributed by atoms with Crippen LogP contribution in [0.5, 0.6) is 0 Å². The van der Waals surface area contributed by atoms with Crippen molar-refractivity contribution in [1.82, 2.24) is 0 Å². The number of aliphatic hydroxyl groups excluding tert-OH is 1. The van der Waals surface area contributed by atoms with Crippen LogP contribution in [0.2, 0.25) is 0 Å². The van der Waals surface area contributed by atoms with Gasteiger partial charge in [-0.25, -0.2) is 4.39 Å². The summed E-state index contributed by atoms with van der Waals surface area (Å²) in [6.07, 6.45) is -4.29. The molecule has 1 aromatic carbocycles. The number of rotatable bonds is 2. The lowest BCUT2D eigenvalue weighted by atomic mass is 10.1. The summed E-state index contributed by atoms with van der Waals surface area (Å²) in [4.78, 5) is 1.36. The SMILES string of the molecule is OCc1cccc(F)c1N1CCC(C(F)(F)F)C1. The molecule has 2 rings (SSSR count). The highest BCUT2D eigenvalue weighted by Gasteiger charge is 2.44. The Balaban J connectivity index is 2.24. The van der Waals surface area contributed by atoms with Gasteiger partial charge in [-0.3, -0.25) is 0 Å². The number of para-hydroxylation sites is 1. The van der Waals surface area contributed by atoms with Gasteiger partial charge in [-0.15, -0.1) is 0 Å². The van der Waals surface area contributed by atoms with E-state index in [0.29, 0.717) is 5.56 Å². The predicted octanol–water partition coefficient (Wildman–Crippen LogP) is 2.71. The molecule has 1 atom stereocenters. The van der Waals surface area contributed by atoms with E-state index in [9.17, 15) is 17.6 Å². The fourth-order valence-electron chi connectivity index (χ4n) is 2.27. The largest absolute Gasteiger partial charge is 0.393 e. The summed E-state index contributed by atoms with van der Waals surface area (Å²) in [7, 11) is 0. The van der Waals surface area contributed by atoms with Crippen LogP contribution in [0.3, 0.4) is 0 Å². The summed E-state index contributed by atoms with van der Waals surface area (Å²) < 4.78 is 51.4. The third-order valence-corrected chi connectivity index (χ3v) is 3.21. The molecule has 0 bridgehead atoms. The molecule has 1 saturated heterocycles. The van der Waals surface area contributed by atoms with Crippen LogP contribution < -0.4 is 4.90 Å². The predicted molar refractivity (Wildman–Crippen MR) is 58.7 cm³/mol. The van der Waals surface area contributed by atoms with Gasteiger partial charge in [-0.05, 0) is 12.5 Å². The van der Waals surface area contributed by atoms with Crippen molar-refractivity contribution in [3.05, 3.63) is 29.6 Å². The number of aliphatic hydroxyl groups is 1. The van der Waals surface area contributed by atoms with Gasteiger partial charge in [0.1, 0.15) is 5.82 Å². The second kappa shape index (κ2) is 4.76. The van der Waals surface area contributed by atoms with Crippen molar-refractivity contribution in [2.24, 2.45) is 5.92 Å². The zero-order chi connectivity index (χ0) is 13.3. The van der Waals surface area contributed by atoms with Crippen molar-refractivity contribution < 1.29 is 22.7 Å². The van der Waals surface area contributed by atoms with Crippen LogP contribution in [-0.2, 0) is 6.61 Å². The Kier molecular flexibility index (Phi) is 3.47. The van der Waals surface area contributed by atoms with Crippen molar-refractivity contribution in [1.29, 1.82) is 0 Å². The zero-order valence-electron chi connectivity index (χ0n) is 9.54. The van der Waals surface area contributed by atoms with E-state index in [-0.39, 0.29) is 31.8 Å². The molecule has 0 saturated carbocycles. The van der Waals surface area contributed by atoms with Crippen LogP contribution in [0.15, 0.2) is 18.2 Å². The minimum absolute atomic E-state index is 0.0390. The molecule has 1 N–H and O–H groups in total. The van der Waals surface area contributed by atoms with Crippen LogP contribution in [-0.4, -0.2) is 24.4 Å². The molecule has 0 amide bonds. The highest BCUT2D eigenvalue weighted by atomic mass is 19.4. The highest BCUT2D eigenvalue weighted by Crippen LogP contribution is 2.37. The molecule has 6 heteroatoms. The lowest BCUT2D eigenvalue weighted by molar-refractivity contribution is -0.168. The van der Waals surface area contributed by atoms with Crippen molar-refractivity contribution in [3.8, 4) is 0 Å². The van der Waals surface area contributed by atoms with Gasteiger partial charge in [-0.2, -0.15) is 13.2 Å². The van der Waals surface area contributed by atoms with E-state index in [1.54, 1.807) is 0 Å². The lowest BCUT2D eigenvalue weighted by Gasteiger charge is -2.22. The number of alkyl halides is 3. The minimum atomic E-state index is -4.25. The Labute approximate surface area is 102 Å². The second-order valence-corrected chi connectivity index (χ2v) is 4.38. The van der Waals surface area contributed by atoms with E-state index in [1.165, 1.54) is 23.1 Å². The Morgan fingerprint density at radius 3 is 2.61 bits per heavy atom. The maximum Gasteiger partial charge on any atom is 0.393 e. The Bertz CT molecular complexity index is 433. The van der Waals surface area contributed by atoms with Gasteiger partial charge in [0.15, 0.2) is 0 Å². The van der Waals surface area contributed by atoms with Gasteiger partial charge in [0.2, 0.25) is 0 Å². The lowest BCUT2D eigenvalue weighted by Crippen LogP contribution is -2.28. The molecule has 100 valence electrons. The second-order valence-electron chi connectivity index (χ2n) is 4.38. The van der Waals surface area contributed by atoms with Gasteiger partial charge in [0.05, 0.1) is 18.2 Å². The van der Waals surface area contributed by atoms with Gasteiger partial charge >= 0.3 is 6.18 Å². The topological polar surface area (TPSA) is 23.5 Å². The number of hydrogen-bond acceptors (Lipinski definition) is 2. The van der Waals surface area contributed by atoms with E-state index in [0.717, 1.165) is 0 Å². The van der Waals surface area contributed by atoms with Crippen molar-refractivity contribution in [3.63, 3.8) is 0 Å². The van der Waals surface area contributed by atoms with Gasteiger partial charge < -0.3 is 10.0 Å². The molecule has 0 aromatic heterocycles. The maximum atomic E-state index is 13.7. The van der Waals surface area contributed by atoms with Crippen LogP contribution in [0.1, 0.15) is 12.0 Å². The van der Waals surface area contributed by atoms with Crippen molar-refractivity contribution >= 4 is 5.69 Å². The summed E-state index contributed by atoms with van der Waals surface area (Å²) in [5.41, 5.74) is 0.407. The fraction of sp³-hybridized carbons (Fsp3) is 0.500. The first-order valence-corrected chi connectivity index (χ1v) is 5.63. The first-order valence-electron chi connectivity index (χ1n) is 5.63. The number of hydrogen-bond donors (Lipinski definition) is 1. The van der Waals surface area contributed by atoms with E-state index in [2.05, 4.69) is 0 Å². The zero-order valence-corrected chi connectivity index (χ0v) is 9.54. The quantitative estimate of drug-likeness (QED) is 0.829. The Morgan fingerprint density at radius 2 is 2.06 bits per heavy atom. The molecule has 1 unspecified atom stereocenters. The number of nitrogens with zero attached hydrogens (tertiary/aromatic N) is 1. The molecule has 2 nitrogen and oxygen atoms in total. The van der Waals surface area contributed by atoms with Crippen LogP contribution in [0.25, 0.3) is 0 Å². The van der Waals surface area contributed by atoms with Gasteiger partial charge in [0, 0.05) is 18.7 Å². The smallest absolute Gasteiger partial charge is 0.392 e. The monoisotopic (exact) mass is 263 g/mol. The first kappa shape index (κ1) is 13.1. The normalized spacial score (nSPS) is 20.5. The molecule has 0 radical (unpaired) electrons. The summed E-state index contributed by atoms with van der Waals surface area (Å²) in [6.45, 7) is -0.490. The van der Waals surface area contributed by atoms with E-state index in [4.69, 9.17) is 5.11 Å². The summed E-state index contributed by atoms with van der Waals surface area (Å²) in [5.74, 6) is -2.02. The number of anilines is 1. The molecule has 0 spiro atoms. The molecular weight excluding hydrogens is 250 g/mol. The summed E-state index contributed by atoms with van der Waals surface area (Å²) >= 11 is 0.